The maximum Gasteiger partial charge on any atom is 0.257 e. The van der Waals surface area contributed by atoms with Crippen LogP contribution in [0.4, 0.5) is 5.69 Å². The van der Waals surface area contributed by atoms with Gasteiger partial charge in [-0.15, -0.1) is 0 Å². The van der Waals surface area contributed by atoms with Gasteiger partial charge < -0.3 is 14.7 Å². The van der Waals surface area contributed by atoms with E-state index >= 15 is 0 Å². The molecule has 3 aromatic heterocycles. The first-order valence-electron chi connectivity index (χ1n) is 11.1. The number of nitrogens with zero attached hydrogens (tertiary/aromatic N) is 1. The van der Waals surface area contributed by atoms with Gasteiger partial charge in [-0.3, -0.25) is 4.79 Å². The van der Waals surface area contributed by atoms with Gasteiger partial charge in [0.25, 0.3) is 5.56 Å². The number of H-pyrrole nitrogens is 1. The fourth-order valence-corrected chi connectivity index (χ4v) is 4.38. The van der Waals surface area contributed by atoms with E-state index in [1.165, 1.54) is 0 Å². The third-order valence-corrected chi connectivity index (χ3v) is 6.17. The van der Waals surface area contributed by atoms with E-state index in [1.54, 1.807) is 12.5 Å². The molecule has 0 radical (unpaired) electrons. The molecule has 0 fully saturated rings. The Morgan fingerprint density at radius 3 is 2.41 bits per heavy atom. The topological polar surface area (TPSA) is 70.9 Å². The molecule has 3 heterocycles. The maximum atomic E-state index is 12.9. The van der Waals surface area contributed by atoms with Crippen LogP contribution in [0.15, 0.2) is 107 Å². The zero-order valence-corrected chi connectivity index (χ0v) is 18.5. The predicted octanol–water partition coefficient (Wildman–Crippen LogP) is 6.71. The van der Waals surface area contributed by atoms with E-state index in [0.717, 1.165) is 50.2 Å². The number of rotatable bonds is 4. The van der Waals surface area contributed by atoms with Gasteiger partial charge in [0, 0.05) is 41.0 Å². The summed E-state index contributed by atoms with van der Waals surface area (Å²) in [6, 6.07) is 28.1. The van der Waals surface area contributed by atoms with E-state index in [4.69, 9.17) is 9.40 Å². The Bertz CT molecular complexity index is 1700. The minimum atomic E-state index is -0.162. The summed E-state index contributed by atoms with van der Waals surface area (Å²) in [5.74, 6) is 0. The highest BCUT2D eigenvalue weighted by molar-refractivity contribution is 5.99. The fourth-order valence-electron chi connectivity index (χ4n) is 4.38. The molecule has 0 aliphatic carbocycles. The van der Waals surface area contributed by atoms with Gasteiger partial charge in [-0.25, -0.2) is 4.98 Å². The second-order valence-electron chi connectivity index (χ2n) is 8.18. The molecule has 0 bridgehead atoms. The largest absolute Gasteiger partial charge is 0.464 e. The lowest BCUT2D eigenvalue weighted by Gasteiger charge is -2.14. The van der Waals surface area contributed by atoms with Crippen LogP contribution in [0.2, 0.25) is 0 Å². The summed E-state index contributed by atoms with van der Waals surface area (Å²) in [4.78, 5) is 21.0. The van der Waals surface area contributed by atoms with Gasteiger partial charge in [-0.2, -0.15) is 0 Å². The van der Waals surface area contributed by atoms with E-state index in [-0.39, 0.29) is 5.56 Å². The van der Waals surface area contributed by atoms with Crippen molar-refractivity contribution in [3.8, 4) is 33.5 Å². The maximum absolute atomic E-state index is 12.9. The Balaban J connectivity index is 1.66. The Morgan fingerprint density at radius 1 is 0.824 bits per heavy atom. The van der Waals surface area contributed by atoms with Crippen molar-refractivity contribution in [2.75, 3.05) is 12.4 Å². The van der Waals surface area contributed by atoms with Gasteiger partial charge >= 0.3 is 0 Å². The van der Waals surface area contributed by atoms with Crippen LogP contribution < -0.4 is 10.9 Å². The lowest BCUT2D eigenvalue weighted by molar-refractivity contribution is 0.616. The van der Waals surface area contributed by atoms with E-state index < -0.39 is 0 Å². The molecule has 0 atom stereocenters. The normalized spacial score (nSPS) is 11.2. The van der Waals surface area contributed by atoms with E-state index in [1.807, 2.05) is 73.8 Å². The van der Waals surface area contributed by atoms with Gasteiger partial charge in [0.15, 0.2) is 0 Å². The molecule has 0 spiro atoms. The van der Waals surface area contributed by atoms with Crippen molar-refractivity contribution >= 4 is 27.6 Å². The first-order valence-corrected chi connectivity index (χ1v) is 11.1. The second-order valence-corrected chi connectivity index (χ2v) is 8.18. The Hall–Kier alpha value is -4.64. The third kappa shape index (κ3) is 3.35. The zero-order valence-electron chi connectivity index (χ0n) is 18.5. The number of aromatic amines is 1. The fraction of sp³-hybridized carbons (Fsp3) is 0.0345. The molecule has 0 aliphatic rings. The van der Waals surface area contributed by atoms with Gasteiger partial charge in [-0.05, 0) is 47.5 Å². The first-order chi connectivity index (χ1) is 16.7. The summed E-state index contributed by atoms with van der Waals surface area (Å²) in [6.45, 7) is 0. The van der Waals surface area contributed by atoms with Crippen LogP contribution in [0, 0.1) is 0 Å². The summed E-state index contributed by atoms with van der Waals surface area (Å²) in [5, 5.41) is 4.71. The molecule has 0 aliphatic heterocycles. The second kappa shape index (κ2) is 8.05. The van der Waals surface area contributed by atoms with Crippen LogP contribution >= 0.6 is 0 Å². The molecule has 0 unspecified atom stereocenters. The minimum absolute atomic E-state index is 0.162. The molecule has 0 saturated heterocycles. The number of pyridine rings is 2. The van der Waals surface area contributed by atoms with Crippen LogP contribution in [0.3, 0.4) is 0 Å². The summed E-state index contributed by atoms with van der Waals surface area (Å²) in [5.41, 5.74) is 7.92. The highest BCUT2D eigenvalue weighted by Gasteiger charge is 2.16. The molecular formula is C29H21N3O2. The molecule has 3 aromatic carbocycles. The standard InChI is InChI=1S/C29H21N3O2/c1-30-22-10-7-19(8-11-22)27-23(18-5-3-2-4-6-18)16-24-28(32-27)25(17-31-29(24)33)20-9-12-26-21(15-20)13-14-34-26/h2-17,30H,1H3,(H,31,33). The summed E-state index contributed by atoms with van der Waals surface area (Å²) in [7, 11) is 1.90. The molecule has 164 valence electrons. The van der Waals surface area contributed by atoms with Crippen molar-refractivity contribution in [3.05, 3.63) is 108 Å². The summed E-state index contributed by atoms with van der Waals surface area (Å²) >= 11 is 0. The molecule has 6 aromatic rings. The minimum Gasteiger partial charge on any atom is -0.464 e. The third-order valence-electron chi connectivity index (χ3n) is 6.17. The molecule has 2 N–H and O–H groups in total. The molecule has 5 nitrogen and oxygen atoms in total. The average molecular weight is 444 g/mol. The monoisotopic (exact) mass is 443 g/mol. The lowest BCUT2D eigenvalue weighted by Crippen LogP contribution is -2.08. The number of furan rings is 1. The number of benzene rings is 3. The highest BCUT2D eigenvalue weighted by Crippen LogP contribution is 2.36. The smallest absolute Gasteiger partial charge is 0.257 e. The number of fused-ring (bicyclic) bond motifs is 2. The molecule has 5 heteroatoms. The number of nitrogens with one attached hydrogen (secondary N) is 2. The van der Waals surface area contributed by atoms with E-state index in [2.05, 4.69) is 28.5 Å². The quantitative estimate of drug-likeness (QED) is 0.318. The number of hydrogen-bond acceptors (Lipinski definition) is 4. The van der Waals surface area contributed by atoms with Crippen molar-refractivity contribution in [1.29, 1.82) is 0 Å². The van der Waals surface area contributed by atoms with Crippen molar-refractivity contribution in [3.63, 3.8) is 0 Å². The number of hydrogen-bond donors (Lipinski definition) is 2. The zero-order chi connectivity index (χ0) is 23.1. The van der Waals surface area contributed by atoms with E-state index in [9.17, 15) is 4.79 Å². The van der Waals surface area contributed by atoms with Crippen LogP contribution in [0.5, 0.6) is 0 Å². The predicted molar refractivity (Wildman–Crippen MR) is 138 cm³/mol. The van der Waals surface area contributed by atoms with Crippen LogP contribution in [0.25, 0.3) is 55.4 Å². The lowest BCUT2D eigenvalue weighted by atomic mass is 9.96. The van der Waals surface area contributed by atoms with E-state index in [0.29, 0.717) is 10.9 Å². The molecule has 34 heavy (non-hydrogen) atoms. The highest BCUT2D eigenvalue weighted by atomic mass is 16.3. The van der Waals surface area contributed by atoms with Crippen molar-refractivity contribution in [1.82, 2.24) is 9.97 Å². The molecular weight excluding hydrogens is 422 g/mol. The Morgan fingerprint density at radius 2 is 1.62 bits per heavy atom. The Labute approximate surface area is 195 Å². The summed E-state index contributed by atoms with van der Waals surface area (Å²) in [6.07, 6.45) is 3.42. The van der Waals surface area contributed by atoms with Gasteiger partial charge in [0.1, 0.15) is 5.58 Å². The van der Waals surface area contributed by atoms with Gasteiger partial charge in [0.2, 0.25) is 0 Å². The SMILES string of the molecule is CNc1ccc(-c2nc3c(-c4ccc5occc5c4)c[nH]c(=O)c3cc2-c2ccccc2)cc1. The Kier molecular flexibility index (Phi) is 4.73. The number of aromatic nitrogens is 2. The van der Waals surface area contributed by atoms with Gasteiger partial charge in [0.05, 0.1) is 22.9 Å². The van der Waals surface area contributed by atoms with Crippen molar-refractivity contribution < 1.29 is 4.42 Å². The summed E-state index contributed by atoms with van der Waals surface area (Å²) < 4.78 is 5.50. The molecule has 6 rings (SSSR count). The molecule has 0 saturated carbocycles. The molecule has 0 amide bonds. The van der Waals surface area contributed by atoms with Crippen LogP contribution in [0.1, 0.15) is 0 Å². The van der Waals surface area contributed by atoms with Crippen LogP contribution in [-0.2, 0) is 0 Å². The first kappa shape index (κ1) is 20.0. The van der Waals surface area contributed by atoms with Crippen LogP contribution in [-0.4, -0.2) is 17.0 Å². The van der Waals surface area contributed by atoms with Crippen molar-refractivity contribution in [2.45, 2.75) is 0 Å². The number of anilines is 1. The van der Waals surface area contributed by atoms with Crippen molar-refractivity contribution in [2.24, 2.45) is 0 Å². The average Bonchev–Trinajstić information content (AvgIpc) is 3.37. The van der Waals surface area contributed by atoms with Gasteiger partial charge in [-0.1, -0.05) is 48.5 Å².